The number of urea groups is 2. The van der Waals surface area contributed by atoms with Crippen molar-refractivity contribution in [2.24, 2.45) is 10.2 Å². The van der Waals surface area contributed by atoms with E-state index in [1.165, 1.54) is 12.1 Å². The summed E-state index contributed by atoms with van der Waals surface area (Å²) in [6, 6.07) is 4.78. The van der Waals surface area contributed by atoms with Crippen molar-refractivity contribution in [3.63, 3.8) is 0 Å². The van der Waals surface area contributed by atoms with E-state index >= 15 is 0 Å². The number of benzene rings is 1. The zero-order chi connectivity index (χ0) is 14.9. The average molecular weight is 339 g/mol. The van der Waals surface area contributed by atoms with Gasteiger partial charge in [0, 0.05) is 5.69 Å². The number of amides is 5. The summed E-state index contributed by atoms with van der Waals surface area (Å²) in [5.74, 6) is -0.205. The van der Waals surface area contributed by atoms with E-state index < -0.39 is 16.4 Å². The highest BCUT2D eigenvalue weighted by atomic mass is 79.9. The summed E-state index contributed by atoms with van der Waals surface area (Å²) in [5, 5.41) is 9.03. The van der Waals surface area contributed by atoms with Gasteiger partial charge >= 0.3 is 12.1 Å². The second kappa shape index (κ2) is 5.12. The summed E-state index contributed by atoms with van der Waals surface area (Å²) in [4.78, 5) is 35.3. The van der Waals surface area contributed by atoms with Crippen molar-refractivity contribution in [2.45, 2.75) is 18.2 Å². The van der Waals surface area contributed by atoms with Crippen LogP contribution in [0.25, 0.3) is 0 Å². The number of carbonyl (C=O) groups is 3. The zero-order valence-corrected chi connectivity index (χ0v) is 12.3. The number of nitrogens with zero attached hydrogens (tertiary/aromatic N) is 3. The average Bonchev–Trinajstić information content (AvgIpc) is 2.69. The molecule has 7 nitrogen and oxygen atoms in total. The van der Waals surface area contributed by atoms with Gasteiger partial charge in [-0.25, -0.2) is 14.5 Å². The number of nitrogens with one attached hydrogen (secondary N) is 1. The lowest BCUT2D eigenvalue weighted by Crippen LogP contribution is -2.31. The maximum atomic E-state index is 11.8. The lowest BCUT2D eigenvalue weighted by Gasteiger charge is -2.16. The van der Waals surface area contributed by atoms with Gasteiger partial charge in [-0.15, -0.1) is 0 Å². The quantitative estimate of drug-likeness (QED) is 0.857. The van der Waals surface area contributed by atoms with Crippen LogP contribution in [0.5, 0.6) is 0 Å². The SMILES string of the molecule is CC(C)(Br)C(=O)Nc1ccc(N2C(=O)N=NC2=O)cc1. The molecule has 1 aromatic carbocycles. The van der Waals surface area contributed by atoms with E-state index in [9.17, 15) is 14.4 Å². The molecular formula is C12H11BrN4O3. The van der Waals surface area contributed by atoms with E-state index in [1.54, 1.807) is 26.0 Å². The fourth-order valence-electron chi connectivity index (χ4n) is 1.45. The third-order valence-corrected chi connectivity index (χ3v) is 2.89. The van der Waals surface area contributed by atoms with Crippen molar-refractivity contribution in [3.8, 4) is 0 Å². The maximum absolute atomic E-state index is 11.8. The number of hydrogen-bond acceptors (Lipinski definition) is 3. The standard InChI is InChI=1S/C12H11BrN4O3/c1-12(2,13)9(18)14-7-3-5-8(6-4-7)17-10(19)15-16-11(17)20/h3-6H,1-2H3,(H,14,18). The number of hydrogen-bond donors (Lipinski definition) is 1. The minimum Gasteiger partial charge on any atom is -0.325 e. The predicted octanol–water partition coefficient (Wildman–Crippen LogP) is 3.31. The second-order valence-corrected chi connectivity index (χ2v) is 6.56. The minimum absolute atomic E-state index is 0.205. The molecule has 0 saturated heterocycles. The Hall–Kier alpha value is -2.09. The summed E-state index contributed by atoms with van der Waals surface area (Å²) in [6.45, 7) is 3.45. The molecule has 0 unspecified atom stereocenters. The molecule has 2 rings (SSSR count). The van der Waals surface area contributed by atoms with Crippen LogP contribution in [0.2, 0.25) is 0 Å². The van der Waals surface area contributed by atoms with Gasteiger partial charge in [-0.3, -0.25) is 4.79 Å². The van der Waals surface area contributed by atoms with E-state index in [-0.39, 0.29) is 5.91 Å². The molecule has 5 amide bonds. The summed E-state index contributed by atoms with van der Waals surface area (Å²) in [5.41, 5.74) is 0.903. The Morgan fingerprint density at radius 2 is 1.65 bits per heavy atom. The van der Waals surface area contributed by atoms with Gasteiger partial charge in [0.2, 0.25) is 5.91 Å². The van der Waals surface area contributed by atoms with Crippen LogP contribution >= 0.6 is 15.9 Å². The molecule has 0 spiro atoms. The van der Waals surface area contributed by atoms with E-state index in [2.05, 4.69) is 31.5 Å². The molecule has 1 heterocycles. The molecule has 8 heteroatoms. The smallest absolute Gasteiger partial charge is 0.325 e. The van der Waals surface area contributed by atoms with Crippen molar-refractivity contribution in [1.82, 2.24) is 0 Å². The van der Waals surface area contributed by atoms with Crippen LogP contribution in [0, 0.1) is 0 Å². The van der Waals surface area contributed by atoms with Gasteiger partial charge in [0.25, 0.3) is 0 Å². The minimum atomic E-state index is -0.728. The molecule has 0 atom stereocenters. The first-order chi connectivity index (χ1) is 9.29. The Labute approximate surface area is 123 Å². The Bertz CT molecular complexity index is 586. The molecule has 0 aliphatic carbocycles. The number of carbonyl (C=O) groups excluding carboxylic acids is 3. The summed E-state index contributed by atoms with van der Waals surface area (Å²) in [7, 11) is 0. The van der Waals surface area contributed by atoms with E-state index in [4.69, 9.17) is 0 Å². The lowest BCUT2D eigenvalue weighted by atomic mass is 10.2. The Kier molecular flexibility index (Phi) is 3.67. The van der Waals surface area contributed by atoms with Crippen LogP contribution in [0.15, 0.2) is 34.5 Å². The number of imide groups is 1. The first-order valence-corrected chi connectivity index (χ1v) is 6.48. The largest absolute Gasteiger partial charge is 0.375 e. The topological polar surface area (TPSA) is 91.2 Å². The molecule has 1 aliphatic rings. The van der Waals surface area contributed by atoms with Gasteiger partial charge in [-0.05, 0) is 38.1 Å². The molecule has 1 aliphatic heterocycles. The van der Waals surface area contributed by atoms with Gasteiger partial charge in [0.05, 0.1) is 10.0 Å². The molecule has 20 heavy (non-hydrogen) atoms. The zero-order valence-electron chi connectivity index (χ0n) is 10.8. The van der Waals surface area contributed by atoms with E-state index in [0.717, 1.165) is 4.90 Å². The molecule has 0 radical (unpaired) electrons. The first kappa shape index (κ1) is 14.3. The van der Waals surface area contributed by atoms with Crippen molar-refractivity contribution in [3.05, 3.63) is 24.3 Å². The van der Waals surface area contributed by atoms with Crippen molar-refractivity contribution >= 4 is 45.3 Å². The number of rotatable bonds is 3. The maximum Gasteiger partial charge on any atom is 0.375 e. The third kappa shape index (κ3) is 2.90. The molecule has 0 bridgehead atoms. The van der Waals surface area contributed by atoms with Gasteiger partial charge in [-0.1, -0.05) is 26.2 Å². The molecule has 1 N–H and O–H groups in total. The van der Waals surface area contributed by atoms with Crippen LogP contribution in [0.1, 0.15) is 13.8 Å². The van der Waals surface area contributed by atoms with Gasteiger partial charge in [-0.2, -0.15) is 0 Å². The van der Waals surface area contributed by atoms with Crippen LogP contribution in [-0.2, 0) is 4.79 Å². The normalized spacial score (nSPS) is 14.8. The number of azo groups is 1. The van der Waals surface area contributed by atoms with Crippen molar-refractivity contribution in [2.75, 3.05) is 10.2 Å². The Balaban J connectivity index is 2.13. The first-order valence-electron chi connectivity index (χ1n) is 5.69. The Morgan fingerprint density at radius 3 is 2.10 bits per heavy atom. The highest BCUT2D eigenvalue weighted by molar-refractivity contribution is 9.10. The molecule has 0 fully saturated rings. The van der Waals surface area contributed by atoms with E-state index in [0.29, 0.717) is 11.4 Å². The number of halogens is 1. The van der Waals surface area contributed by atoms with Crippen LogP contribution < -0.4 is 10.2 Å². The molecule has 1 aromatic rings. The lowest BCUT2D eigenvalue weighted by molar-refractivity contribution is -0.117. The molecule has 0 aromatic heterocycles. The number of alkyl halides is 1. The molecular weight excluding hydrogens is 328 g/mol. The van der Waals surface area contributed by atoms with Crippen LogP contribution in [0.3, 0.4) is 0 Å². The van der Waals surface area contributed by atoms with Crippen molar-refractivity contribution in [1.29, 1.82) is 0 Å². The second-order valence-electron chi connectivity index (χ2n) is 4.57. The van der Waals surface area contributed by atoms with Gasteiger partial charge in [0.15, 0.2) is 0 Å². The molecule has 0 saturated carbocycles. The van der Waals surface area contributed by atoms with Crippen molar-refractivity contribution < 1.29 is 14.4 Å². The van der Waals surface area contributed by atoms with Gasteiger partial charge < -0.3 is 5.32 Å². The third-order valence-electron chi connectivity index (χ3n) is 2.53. The van der Waals surface area contributed by atoms with Gasteiger partial charge in [0.1, 0.15) is 0 Å². The molecule has 104 valence electrons. The Morgan fingerprint density at radius 1 is 1.15 bits per heavy atom. The monoisotopic (exact) mass is 338 g/mol. The van der Waals surface area contributed by atoms with E-state index in [1.807, 2.05) is 0 Å². The highest BCUT2D eigenvalue weighted by Crippen LogP contribution is 2.24. The summed E-state index contributed by atoms with van der Waals surface area (Å²) in [6.07, 6.45) is 0. The predicted molar refractivity (Wildman–Crippen MR) is 76.2 cm³/mol. The fourth-order valence-corrected chi connectivity index (χ4v) is 1.55. The number of anilines is 2. The highest BCUT2D eigenvalue weighted by Gasteiger charge is 2.29. The van der Waals surface area contributed by atoms with Crippen LogP contribution in [0.4, 0.5) is 21.0 Å². The summed E-state index contributed by atoms with van der Waals surface area (Å²) >= 11 is 3.25. The fraction of sp³-hybridized carbons (Fsp3) is 0.250. The summed E-state index contributed by atoms with van der Waals surface area (Å²) < 4.78 is -0.690. The van der Waals surface area contributed by atoms with Crippen LogP contribution in [-0.4, -0.2) is 22.3 Å².